The lowest BCUT2D eigenvalue weighted by Gasteiger charge is -2.42. The molecule has 2 saturated heterocycles. The van der Waals surface area contributed by atoms with Crippen molar-refractivity contribution in [2.75, 3.05) is 13.7 Å². The van der Waals surface area contributed by atoms with Crippen LogP contribution in [-0.4, -0.2) is 47.8 Å². The van der Waals surface area contributed by atoms with Gasteiger partial charge < -0.3 is 19.7 Å². The molecule has 3 rings (SSSR count). The molecule has 4 atom stereocenters. The summed E-state index contributed by atoms with van der Waals surface area (Å²) in [6.45, 7) is 4.25. The van der Waals surface area contributed by atoms with E-state index in [1.165, 1.54) is 12.8 Å². The highest BCUT2D eigenvalue weighted by Crippen LogP contribution is 2.49. The first-order valence-corrected chi connectivity index (χ1v) is 7.71. The van der Waals surface area contributed by atoms with Gasteiger partial charge in [0, 0.05) is 20.1 Å². The van der Waals surface area contributed by atoms with E-state index in [2.05, 4.69) is 0 Å². The Labute approximate surface area is 117 Å². The molecule has 3 fully saturated rings. The molecule has 0 aromatic heterocycles. The van der Waals surface area contributed by atoms with Crippen molar-refractivity contribution in [3.05, 3.63) is 0 Å². The molecule has 0 radical (unpaired) electrons. The van der Waals surface area contributed by atoms with Crippen molar-refractivity contribution in [3.8, 4) is 0 Å². The zero-order valence-corrected chi connectivity index (χ0v) is 12.6. The highest BCUT2D eigenvalue weighted by molar-refractivity contribution is 5.03. The van der Waals surface area contributed by atoms with Crippen LogP contribution in [-0.2, 0) is 9.47 Å². The SMILES string of the molecule is CC.CO.OCC[C@H]1CCC2OC3CCCC2(C3)O1. The normalized spacial score (nSPS) is 39.3. The molecule has 4 nitrogen and oxygen atoms in total. The largest absolute Gasteiger partial charge is 0.400 e. The van der Waals surface area contributed by atoms with Crippen molar-refractivity contribution >= 4 is 0 Å². The summed E-state index contributed by atoms with van der Waals surface area (Å²) in [5.74, 6) is 0. The molecule has 2 heterocycles. The maximum absolute atomic E-state index is 8.97. The van der Waals surface area contributed by atoms with Crippen LogP contribution in [0.25, 0.3) is 0 Å². The van der Waals surface area contributed by atoms with Crippen molar-refractivity contribution in [1.29, 1.82) is 0 Å². The van der Waals surface area contributed by atoms with Gasteiger partial charge in [0.05, 0.1) is 23.9 Å². The van der Waals surface area contributed by atoms with E-state index in [1.807, 2.05) is 13.8 Å². The van der Waals surface area contributed by atoms with E-state index in [-0.39, 0.29) is 18.3 Å². The van der Waals surface area contributed by atoms with E-state index in [0.29, 0.717) is 12.2 Å². The molecular formula is C15H30O4. The summed E-state index contributed by atoms with van der Waals surface area (Å²) in [6, 6.07) is 0. The van der Waals surface area contributed by atoms with Crippen LogP contribution in [0.3, 0.4) is 0 Å². The first-order valence-electron chi connectivity index (χ1n) is 7.71. The number of aliphatic hydroxyl groups excluding tert-OH is 2. The maximum Gasteiger partial charge on any atom is 0.0971 e. The summed E-state index contributed by atoms with van der Waals surface area (Å²) >= 11 is 0. The minimum atomic E-state index is 0.0288. The predicted octanol–water partition coefficient (Wildman–Crippen LogP) is 2.26. The smallest absolute Gasteiger partial charge is 0.0971 e. The number of hydrogen-bond donors (Lipinski definition) is 2. The average Bonchev–Trinajstić information content (AvgIpc) is 2.72. The van der Waals surface area contributed by atoms with Gasteiger partial charge in [0.15, 0.2) is 0 Å². The zero-order valence-electron chi connectivity index (χ0n) is 12.6. The van der Waals surface area contributed by atoms with Crippen molar-refractivity contribution in [1.82, 2.24) is 0 Å². The fourth-order valence-electron chi connectivity index (χ4n) is 3.57. The number of aliphatic hydroxyl groups is 2. The van der Waals surface area contributed by atoms with Gasteiger partial charge in [0.2, 0.25) is 0 Å². The third-order valence-corrected chi connectivity index (χ3v) is 4.25. The predicted molar refractivity (Wildman–Crippen MR) is 75.2 cm³/mol. The van der Waals surface area contributed by atoms with E-state index in [0.717, 1.165) is 39.2 Å². The Kier molecular flexibility index (Phi) is 7.29. The van der Waals surface area contributed by atoms with Crippen molar-refractivity contribution in [3.63, 3.8) is 0 Å². The van der Waals surface area contributed by atoms with E-state index >= 15 is 0 Å². The topological polar surface area (TPSA) is 58.9 Å². The molecule has 3 unspecified atom stereocenters. The molecule has 19 heavy (non-hydrogen) atoms. The van der Waals surface area contributed by atoms with Crippen LogP contribution in [0, 0.1) is 0 Å². The quantitative estimate of drug-likeness (QED) is 0.811. The van der Waals surface area contributed by atoms with Crippen LogP contribution in [0.1, 0.15) is 58.8 Å². The Hall–Kier alpha value is -0.160. The van der Waals surface area contributed by atoms with Gasteiger partial charge in [-0.25, -0.2) is 0 Å². The first-order chi connectivity index (χ1) is 9.32. The van der Waals surface area contributed by atoms with Crippen LogP contribution < -0.4 is 0 Å². The van der Waals surface area contributed by atoms with Crippen LogP contribution in [0.5, 0.6) is 0 Å². The third-order valence-electron chi connectivity index (χ3n) is 4.25. The maximum atomic E-state index is 8.97. The van der Waals surface area contributed by atoms with Gasteiger partial charge in [-0.3, -0.25) is 0 Å². The highest BCUT2D eigenvalue weighted by Gasteiger charge is 2.54. The second-order valence-corrected chi connectivity index (χ2v) is 5.24. The van der Waals surface area contributed by atoms with Crippen LogP contribution in [0.4, 0.5) is 0 Å². The van der Waals surface area contributed by atoms with Gasteiger partial charge in [-0.1, -0.05) is 13.8 Å². The minimum absolute atomic E-state index is 0.0288. The molecule has 2 aliphatic heterocycles. The van der Waals surface area contributed by atoms with E-state index in [1.54, 1.807) is 0 Å². The standard InChI is InChI=1S/C12H20O3.C2H6.CH4O/c13-7-5-9-3-4-11-12(15-9)6-1-2-10(8-12)14-11;2*1-2/h9-11,13H,1-8H2;1-2H3;2H,1H3/t9-,10?,11?,12?;;/m1../s1. The monoisotopic (exact) mass is 274 g/mol. The fourth-order valence-corrected chi connectivity index (χ4v) is 3.57. The number of fused-ring (bicyclic) bond motifs is 1. The molecule has 1 saturated carbocycles. The Morgan fingerprint density at radius 3 is 2.58 bits per heavy atom. The molecule has 0 aromatic rings. The molecule has 0 aromatic carbocycles. The molecule has 3 aliphatic rings. The Morgan fingerprint density at radius 2 is 1.89 bits per heavy atom. The van der Waals surface area contributed by atoms with Crippen LogP contribution in [0.15, 0.2) is 0 Å². The van der Waals surface area contributed by atoms with Crippen LogP contribution in [0.2, 0.25) is 0 Å². The third kappa shape index (κ3) is 3.69. The summed E-state index contributed by atoms with van der Waals surface area (Å²) in [7, 11) is 1.00. The van der Waals surface area contributed by atoms with Gasteiger partial charge in [-0.15, -0.1) is 0 Å². The number of rotatable bonds is 2. The lowest BCUT2D eigenvalue weighted by molar-refractivity contribution is -0.168. The van der Waals surface area contributed by atoms with Gasteiger partial charge in [-0.05, 0) is 38.5 Å². The minimum Gasteiger partial charge on any atom is -0.400 e. The molecular weight excluding hydrogens is 244 g/mol. The summed E-state index contributed by atoms with van der Waals surface area (Å²) in [4.78, 5) is 0. The summed E-state index contributed by atoms with van der Waals surface area (Å²) in [5.41, 5.74) is 0.0288. The van der Waals surface area contributed by atoms with Crippen molar-refractivity contribution < 1.29 is 19.7 Å². The molecule has 2 N–H and O–H groups in total. The molecule has 4 heteroatoms. The first kappa shape index (κ1) is 16.9. The van der Waals surface area contributed by atoms with Crippen molar-refractivity contribution in [2.24, 2.45) is 0 Å². The van der Waals surface area contributed by atoms with E-state index < -0.39 is 0 Å². The zero-order chi connectivity index (χ0) is 14.3. The summed E-state index contributed by atoms with van der Waals surface area (Å²) in [5, 5.41) is 16.0. The van der Waals surface area contributed by atoms with E-state index in [4.69, 9.17) is 19.7 Å². The Morgan fingerprint density at radius 1 is 1.16 bits per heavy atom. The Balaban J connectivity index is 0.000000415. The average molecular weight is 274 g/mol. The lowest BCUT2D eigenvalue weighted by atomic mass is 9.78. The number of ether oxygens (including phenoxy) is 2. The van der Waals surface area contributed by atoms with Gasteiger partial charge >= 0.3 is 0 Å². The summed E-state index contributed by atoms with van der Waals surface area (Å²) < 4.78 is 12.2. The molecule has 1 spiro atoms. The van der Waals surface area contributed by atoms with Crippen molar-refractivity contribution in [2.45, 2.75) is 82.7 Å². The van der Waals surface area contributed by atoms with Gasteiger partial charge in [-0.2, -0.15) is 0 Å². The molecule has 0 amide bonds. The second kappa shape index (κ2) is 8.20. The Bertz CT molecular complexity index is 246. The lowest BCUT2D eigenvalue weighted by Crippen LogP contribution is -2.49. The summed E-state index contributed by atoms with van der Waals surface area (Å²) in [6.07, 6.45) is 8.76. The van der Waals surface area contributed by atoms with Crippen LogP contribution >= 0.6 is 0 Å². The van der Waals surface area contributed by atoms with E-state index in [9.17, 15) is 0 Å². The second-order valence-electron chi connectivity index (χ2n) is 5.24. The molecule has 2 bridgehead atoms. The van der Waals surface area contributed by atoms with Gasteiger partial charge in [0.1, 0.15) is 0 Å². The van der Waals surface area contributed by atoms with Gasteiger partial charge in [0.25, 0.3) is 0 Å². The highest BCUT2D eigenvalue weighted by atomic mass is 16.6. The fraction of sp³-hybridized carbons (Fsp3) is 1.00. The number of hydrogen-bond acceptors (Lipinski definition) is 4. The molecule has 1 aliphatic carbocycles. The molecule has 114 valence electrons.